The highest BCUT2D eigenvalue weighted by Crippen LogP contribution is 2.41. The van der Waals surface area contributed by atoms with E-state index in [1.54, 1.807) is 7.11 Å². The quantitative estimate of drug-likeness (QED) is 0.776. The van der Waals surface area contributed by atoms with Crippen LogP contribution in [0.2, 0.25) is 0 Å². The summed E-state index contributed by atoms with van der Waals surface area (Å²) in [6.45, 7) is 1.79. The monoisotopic (exact) mass is 311 g/mol. The molecule has 1 unspecified atom stereocenters. The molecule has 0 aromatic heterocycles. The molecule has 0 saturated carbocycles. The number of ether oxygens (including phenoxy) is 1. The van der Waals surface area contributed by atoms with Crippen LogP contribution < -0.4 is 4.74 Å². The van der Waals surface area contributed by atoms with Crippen LogP contribution >= 0.6 is 0 Å². The maximum atomic E-state index is 10.9. The summed E-state index contributed by atoms with van der Waals surface area (Å²) in [5.74, 6) is 1.57. The molecule has 1 saturated heterocycles. The van der Waals surface area contributed by atoms with Gasteiger partial charge in [-0.25, -0.2) is 0 Å². The third-order valence-corrected chi connectivity index (χ3v) is 5.26. The molecular formula is C20H25NO2. The molecule has 3 heteroatoms. The minimum atomic E-state index is 0.0784. The number of amides is 1. The van der Waals surface area contributed by atoms with Gasteiger partial charge in [-0.2, -0.15) is 0 Å². The normalized spacial score (nSPS) is 24.7. The van der Waals surface area contributed by atoms with E-state index in [2.05, 4.69) is 48.6 Å². The van der Waals surface area contributed by atoms with Gasteiger partial charge in [0.2, 0.25) is 6.41 Å². The van der Waals surface area contributed by atoms with Gasteiger partial charge in [-0.3, -0.25) is 4.79 Å². The van der Waals surface area contributed by atoms with E-state index in [4.69, 9.17) is 4.74 Å². The Bertz CT molecular complexity index is 582. The number of benzene rings is 1. The number of hydrogen-bond donors (Lipinski definition) is 0. The van der Waals surface area contributed by atoms with Crippen LogP contribution in [0.4, 0.5) is 0 Å². The third kappa shape index (κ3) is 3.49. The molecule has 1 heterocycles. The van der Waals surface area contributed by atoms with E-state index in [9.17, 15) is 4.79 Å². The zero-order valence-corrected chi connectivity index (χ0v) is 13.8. The molecule has 1 amide bonds. The second-order valence-corrected chi connectivity index (χ2v) is 6.66. The lowest BCUT2D eigenvalue weighted by molar-refractivity contribution is -0.119. The van der Waals surface area contributed by atoms with Crippen LogP contribution in [0.25, 0.3) is 0 Å². The fourth-order valence-corrected chi connectivity index (χ4v) is 3.85. The first-order chi connectivity index (χ1) is 11.3. The summed E-state index contributed by atoms with van der Waals surface area (Å²) in [4.78, 5) is 12.8. The number of rotatable bonds is 5. The summed E-state index contributed by atoms with van der Waals surface area (Å²) in [5, 5.41) is 0. The number of allylic oxidation sites excluding steroid dienone is 4. The summed E-state index contributed by atoms with van der Waals surface area (Å²) in [6.07, 6.45) is 14.3. The van der Waals surface area contributed by atoms with E-state index < -0.39 is 0 Å². The van der Waals surface area contributed by atoms with E-state index in [-0.39, 0.29) is 5.41 Å². The molecule has 122 valence electrons. The van der Waals surface area contributed by atoms with Gasteiger partial charge in [-0.15, -0.1) is 0 Å². The first kappa shape index (κ1) is 15.9. The van der Waals surface area contributed by atoms with Crippen LogP contribution in [0, 0.1) is 5.92 Å². The number of carbonyl (C=O) groups is 1. The standard InChI is InChI=1S/C20H25NO2/c1-23-19-7-5-18(6-8-19)20(11-3-2-4-12-20)15-17-9-13-21(16-22)14-10-17/h2-8,11,16-17H,9-10,12-15H2,1H3. The van der Waals surface area contributed by atoms with Crippen molar-refractivity contribution in [2.45, 2.75) is 31.1 Å². The summed E-state index contributed by atoms with van der Waals surface area (Å²) < 4.78 is 5.29. The number of hydrogen-bond acceptors (Lipinski definition) is 2. The number of likely N-dealkylation sites (tertiary alicyclic amines) is 1. The van der Waals surface area contributed by atoms with Crippen LogP contribution in [0.3, 0.4) is 0 Å². The molecule has 0 radical (unpaired) electrons. The van der Waals surface area contributed by atoms with Gasteiger partial charge in [0.05, 0.1) is 7.11 Å². The van der Waals surface area contributed by atoms with Crippen LogP contribution in [0.15, 0.2) is 48.6 Å². The maximum absolute atomic E-state index is 10.9. The van der Waals surface area contributed by atoms with Crippen molar-refractivity contribution in [1.82, 2.24) is 4.90 Å². The fourth-order valence-electron chi connectivity index (χ4n) is 3.85. The summed E-state index contributed by atoms with van der Waals surface area (Å²) in [7, 11) is 1.70. The van der Waals surface area contributed by atoms with Gasteiger partial charge < -0.3 is 9.64 Å². The zero-order valence-electron chi connectivity index (χ0n) is 13.8. The van der Waals surface area contributed by atoms with E-state index in [0.717, 1.165) is 50.9 Å². The molecule has 23 heavy (non-hydrogen) atoms. The van der Waals surface area contributed by atoms with Gasteiger partial charge in [-0.05, 0) is 49.3 Å². The molecule has 1 aromatic rings. The molecule has 2 aliphatic rings. The van der Waals surface area contributed by atoms with Crippen molar-refractivity contribution in [3.8, 4) is 5.75 Å². The molecule has 1 atom stereocenters. The van der Waals surface area contributed by atoms with Crippen molar-refractivity contribution in [1.29, 1.82) is 0 Å². The van der Waals surface area contributed by atoms with Crippen LogP contribution in [-0.4, -0.2) is 31.5 Å². The van der Waals surface area contributed by atoms with Crippen molar-refractivity contribution in [2.24, 2.45) is 5.92 Å². The predicted octanol–water partition coefficient (Wildman–Crippen LogP) is 3.71. The Morgan fingerprint density at radius 3 is 2.52 bits per heavy atom. The van der Waals surface area contributed by atoms with Crippen molar-refractivity contribution in [3.63, 3.8) is 0 Å². The molecular weight excluding hydrogens is 286 g/mol. The summed E-state index contributed by atoms with van der Waals surface area (Å²) >= 11 is 0. The molecule has 3 nitrogen and oxygen atoms in total. The molecule has 1 aromatic carbocycles. The van der Waals surface area contributed by atoms with Crippen LogP contribution in [-0.2, 0) is 10.2 Å². The minimum Gasteiger partial charge on any atom is -0.497 e. The van der Waals surface area contributed by atoms with Gasteiger partial charge >= 0.3 is 0 Å². The first-order valence-electron chi connectivity index (χ1n) is 8.44. The maximum Gasteiger partial charge on any atom is 0.209 e. The number of carbonyl (C=O) groups excluding carboxylic acids is 1. The molecule has 0 bridgehead atoms. The van der Waals surface area contributed by atoms with Crippen molar-refractivity contribution < 1.29 is 9.53 Å². The molecule has 1 aliphatic heterocycles. The second kappa shape index (κ2) is 7.03. The fraction of sp³-hybridized carbons (Fsp3) is 0.450. The van der Waals surface area contributed by atoms with Crippen LogP contribution in [0.5, 0.6) is 5.75 Å². The second-order valence-electron chi connectivity index (χ2n) is 6.66. The SMILES string of the molecule is COc1ccc(C2(CC3CCN(C=O)CC3)C=CC=CC2)cc1. The number of methoxy groups -OCH3 is 1. The lowest BCUT2D eigenvalue weighted by Gasteiger charge is -2.38. The lowest BCUT2D eigenvalue weighted by atomic mass is 9.68. The average Bonchev–Trinajstić information content (AvgIpc) is 2.63. The molecule has 1 fully saturated rings. The average molecular weight is 311 g/mol. The zero-order chi connectivity index (χ0) is 16.1. The molecule has 1 aliphatic carbocycles. The van der Waals surface area contributed by atoms with Gasteiger partial charge in [0.15, 0.2) is 0 Å². The van der Waals surface area contributed by atoms with Gasteiger partial charge in [0, 0.05) is 18.5 Å². The minimum absolute atomic E-state index is 0.0784. The van der Waals surface area contributed by atoms with Gasteiger partial charge in [-0.1, -0.05) is 36.4 Å². The largest absolute Gasteiger partial charge is 0.497 e. The Labute approximate surface area is 138 Å². The van der Waals surface area contributed by atoms with Gasteiger partial charge in [0.25, 0.3) is 0 Å². The van der Waals surface area contributed by atoms with E-state index >= 15 is 0 Å². The summed E-state index contributed by atoms with van der Waals surface area (Å²) in [6, 6.07) is 8.50. The molecule has 3 rings (SSSR count). The Kier molecular flexibility index (Phi) is 4.85. The Balaban J connectivity index is 1.78. The summed E-state index contributed by atoms with van der Waals surface area (Å²) in [5.41, 5.74) is 1.44. The Hall–Kier alpha value is -2.03. The van der Waals surface area contributed by atoms with Crippen LogP contribution in [0.1, 0.15) is 31.2 Å². The lowest BCUT2D eigenvalue weighted by Crippen LogP contribution is -2.36. The smallest absolute Gasteiger partial charge is 0.209 e. The van der Waals surface area contributed by atoms with E-state index in [0.29, 0.717) is 5.92 Å². The highest BCUT2D eigenvalue weighted by molar-refractivity contribution is 5.47. The predicted molar refractivity (Wildman–Crippen MR) is 92.5 cm³/mol. The van der Waals surface area contributed by atoms with Crippen molar-refractivity contribution in [3.05, 3.63) is 54.1 Å². The topological polar surface area (TPSA) is 29.5 Å². The molecule has 0 N–H and O–H groups in total. The highest BCUT2D eigenvalue weighted by Gasteiger charge is 2.33. The van der Waals surface area contributed by atoms with E-state index in [1.807, 2.05) is 4.90 Å². The van der Waals surface area contributed by atoms with E-state index in [1.165, 1.54) is 5.56 Å². The van der Waals surface area contributed by atoms with Crippen molar-refractivity contribution >= 4 is 6.41 Å². The number of piperidine rings is 1. The highest BCUT2D eigenvalue weighted by atomic mass is 16.5. The first-order valence-corrected chi connectivity index (χ1v) is 8.44. The Morgan fingerprint density at radius 2 is 1.96 bits per heavy atom. The molecule has 0 spiro atoms. The van der Waals surface area contributed by atoms with Crippen molar-refractivity contribution in [2.75, 3.05) is 20.2 Å². The van der Waals surface area contributed by atoms with Gasteiger partial charge in [0.1, 0.15) is 5.75 Å². The number of nitrogens with zero attached hydrogens (tertiary/aromatic N) is 1. The Morgan fingerprint density at radius 1 is 1.22 bits per heavy atom. The third-order valence-electron chi connectivity index (χ3n) is 5.26.